The van der Waals surface area contributed by atoms with E-state index in [0.29, 0.717) is 24.7 Å². The zero-order valence-corrected chi connectivity index (χ0v) is 11.0. The Morgan fingerprint density at radius 1 is 1.42 bits per heavy atom. The van der Waals surface area contributed by atoms with Gasteiger partial charge >= 0.3 is 6.18 Å². The Labute approximate surface area is 109 Å². The van der Waals surface area contributed by atoms with E-state index in [0.717, 1.165) is 6.42 Å². The number of nitrogens with zero attached hydrogens (tertiary/aromatic N) is 2. The number of aromatic nitrogens is 2. The summed E-state index contributed by atoms with van der Waals surface area (Å²) in [6, 6.07) is 0. The lowest BCUT2D eigenvalue weighted by Crippen LogP contribution is -2.44. The molecule has 19 heavy (non-hydrogen) atoms. The molecule has 4 nitrogen and oxygen atoms in total. The van der Waals surface area contributed by atoms with E-state index >= 15 is 0 Å². The summed E-state index contributed by atoms with van der Waals surface area (Å²) in [5.41, 5.74) is -2.02. The van der Waals surface area contributed by atoms with Crippen LogP contribution in [0.5, 0.6) is 0 Å². The average Bonchev–Trinajstić information content (AvgIpc) is 2.94. The lowest BCUT2D eigenvalue weighted by atomic mass is 9.86. The van der Waals surface area contributed by atoms with Gasteiger partial charge < -0.3 is 9.84 Å². The SMILES string of the molecule is CC(C)CCc1noc(C2(C(F)(F)F)CCNC2)n1. The van der Waals surface area contributed by atoms with Gasteiger partial charge in [0.1, 0.15) is 0 Å². The normalized spacial score (nSPS) is 24.3. The fraction of sp³-hybridized carbons (Fsp3) is 0.833. The standard InChI is InChI=1S/C12H18F3N3O/c1-8(2)3-4-9-17-10(19-18-9)11(12(13,14)15)5-6-16-7-11/h8,16H,3-7H2,1-2H3. The topological polar surface area (TPSA) is 51.0 Å². The summed E-state index contributed by atoms with van der Waals surface area (Å²) in [5, 5.41) is 6.41. The molecule has 0 saturated carbocycles. The van der Waals surface area contributed by atoms with E-state index in [4.69, 9.17) is 4.52 Å². The fourth-order valence-electron chi connectivity index (χ4n) is 2.21. The van der Waals surface area contributed by atoms with Crippen LogP contribution in [0.4, 0.5) is 13.2 Å². The van der Waals surface area contributed by atoms with E-state index in [9.17, 15) is 13.2 Å². The zero-order valence-electron chi connectivity index (χ0n) is 11.0. The van der Waals surface area contributed by atoms with Crippen LogP contribution in [-0.4, -0.2) is 29.4 Å². The van der Waals surface area contributed by atoms with E-state index in [-0.39, 0.29) is 18.9 Å². The molecule has 1 aliphatic heterocycles. The Morgan fingerprint density at radius 2 is 2.16 bits per heavy atom. The van der Waals surface area contributed by atoms with Crippen molar-refractivity contribution < 1.29 is 17.7 Å². The summed E-state index contributed by atoms with van der Waals surface area (Å²) in [6.07, 6.45) is -3.06. The number of rotatable bonds is 4. The molecule has 0 aliphatic carbocycles. The number of alkyl halides is 3. The average molecular weight is 277 g/mol. The minimum absolute atomic E-state index is 0.0533. The van der Waals surface area contributed by atoms with Crippen molar-refractivity contribution in [1.29, 1.82) is 0 Å². The Morgan fingerprint density at radius 3 is 2.68 bits per heavy atom. The number of aryl methyl sites for hydroxylation is 1. The molecule has 0 amide bonds. The highest BCUT2D eigenvalue weighted by Gasteiger charge is 2.61. The molecule has 1 saturated heterocycles. The predicted octanol–water partition coefficient (Wildman–Crippen LogP) is 2.45. The molecule has 1 aromatic rings. The predicted molar refractivity (Wildman–Crippen MR) is 62.7 cm³/mol. The monoisotopic (exact) mass is 277 g/mol. The third kappa shape index (κ3) is 2.75. The largest absolute Gasteiger partial charge is 0.404 e. The highest BCUT2D eigenvalue weighted by molar-refractivity contribution is 5.14. The van der Waals surface area contributed by atoms with Crippen molar-refractivity contribution >= 4 is 0 Å². The first-order valence-corrected chi connectivity index (χ1v) is 6.46. The van der Waals surface area contributed by atoms with Crippen LogP contribution >= 0.6 is 0 Å². The van der Waals surface area contributed by atoms with Gasteiger partial charge in [-0.15, -0.1) is 0 Å². The Hall–Kier alpha value is -1.11. The van der Waals surface area contributed by atoms with Crippen molar-refractivity contribution in [3.8, 4) is 0 Å². The summed E-state index contributed by atoms with van der Waals surface area (Å²) in [5.74, 6) is 0.509. The van der Waals surface area contributed by atoms with Gasteiger partial charge in [0.15, 0.2) is 11.2 Å². The fourth-order valence-corrected chi connectivity index (χ4v) is 2.21. The molecular formula is C12H18F3N3O. The molecule has 1 atom stereocenters. The van der Waals surface area contributed by atoms with Crippen LogP contribution in [0, 0.1) is 5.92 Å². The minimum atomic E-state index is -4.38. The van der Waals surface area contributed by atoms with Gasteiger partial charge in [-0.2, -0.15) is 18.2 Å². The second-order valence-electron chi connectivity index (χ2n) is 5.45. The maximum absolute atomic E-state index is 13.3. The van der Waals surface area contributed by atoms with Crippen molar-refractivity contribution in [3.63, 3.8) is 0 Å². The van der Waals surface area contributed by atoms with Gasteiger partial charge in [-0.25, -0.2) is 0 Å². The van der Waals surface area contributed by atoms with E-state index in [1.165, 1.54) is 0 Å². The molecule has 0 radical (unpaired) electrons. The molecule has 0 spiro atoms. The molecule has 1 fully saturated rings. The number of nitrogens with one attached hydrogen (secondary N) is 1. The summed E-state index contributed by atoms with van der Waals surface area (Å²) < 4.78 is 44.7. The van der Waals surface area contributed by atoms with E-state index in [1.807, 2.05) is 13.8 Å². The maximum atomic E-state index is 13.3. The van der Waals surface area contributed by atoms with Gasteiger partial charge in [0.25, 0.3) is 0 Å². The molecule has 1 aromatic heterocycles. The minimum Gasteiger partial charge on any atom is -0.338 e. The van der Waals surface area contributed by atoms with E-state index in [1.54, 1.807) is 0 Å². The lowest BCUT2D eigenvalue weighted by Gasteiger charge is -2.26. The van der Waals surface area contributed by atoms with Gasteiger partial charge in [0.05, 0.1) is 0 Å². The summed E-state index contributed by atoms with van der Waals surface area (Å²) >= 11 is 0. The van der Waals surface area contributed by atoms with Crippen molar-refractivity contribution in [1.82, 2.24) is 15.5 Å². The number of halogens is 3. The number of hydrogen-bond acceptors (Lipinski definition) is 4. The van der Waals surface area contributed by atoms with Crippen LogP contribution < -0.4 is 5.32 Å². The van der Waals surface area contributed by atoms with Gasteiger partial charge in [0, 0.05) is 13.0 Å². The van der Waals surface area contributed by atoms with Crippen molar-refractivity contribution in [2.24, 2.45) is 5.92 Å². The highest BCUT2D eigenvalue weighted by Crippen LogP contribution is 2.44. The maximum Gasteiger partial charge on any atom is 0.404 e. The first-order chi connectivity index (χ1) is 8.85. The van der Waals surface area contributed by atoms with Crippen LogP contribution in [-0.2, 0) is 11.8 Å². The van der Waals surface area contributed by atoms with Crippen molar-refractivity contribution in [3.05, 3.63) is 11.7 Å². The lowest BCUT2D eigenvalue weighted by molar-refractivity contribution is -0.191. The first kappa shape index (κ1) is 14.3. The molecule has 0 bridgehead atoms. The van der Waals surface area contributed by atoms with Gasteiger partial charge in [-0.05, 0) is 25.3 Å². The highest BCUT2D eigenvalue weighted by atomic mass is 19.4. The third-order valence-corrected chi connectivity index (χ3v) is 3.52. The molecular weight excluding hydrogens is 259 g/mol. The van der Waals surface area contributed by atoms with Crippen LogP contribution in [0.2, 0.25) is 0 Å². The second kappa shape index (κ2) is 5.11. The molecule has 0 aromatic carbocycles. The third-order valence-electron chi connectivity index (χ3n) is 3.52. The van der Waals surface area contributed by atoms with Crippen LogP contribution in [0.3, 0.4) is 0 Å². The molecule has 1 aliphatic rings. The van der Waals surface area contributed by atoms with Gasteiger partial charge in [-0.3, -0.25) is 0 Å². The quantitative estimate of drug-likeness (QED) is 0.918. The summed E-state index contributed by atoms with van der Waals surface area (Å²) in [6.45, 7) is 4.20. The van der Waals surface area contributed by atoms with Crippen LogP contribution in [0.1, 0.15) is 38.4 Å². The van der Waals surface area contributed by atoms with Gasteiger partial charge in [-0.1, -0.05) is 19.0 Å². The van der Waals surface area contributed by atoms with Crippen LogP contribution in [0.25, 0.3) is 0 Å². The first-order valence-electron chi connectivity index (χ1n) is 6.46. The Balaban J connectivity index is 2.20. The van der Waals surface area contributed by atoms with Crippen LogP contribution in [0.15, 0.2) is 4.52 Å². The summed E-state index contributed by atoms with van der Waals surface area (Å²) in [7, 11) is 0. The van der Waals surface area contributed by atoms with Gasteiger partial charge in [0.2, 0.25) is 5.89 Å². The molecule has 2 heterocycles. The Kier molecular flexibility index (Phi) is 3.85. The number of hydrogen-bond donors (Lipinski definition) is 1. The zero-order chi connectivity index (χ0) is 14.1. The van der Waals surface area contributed by atoms with Crippen molar-refractivity contribution in [2.45, 2.75) is 44.7 Å². The van der Waals surface area contributed by atoms with Crippen molar-refractivity contribution in [2.75, 3.05) is 13.1 Å². The second-order valence-corrected chi connectivity index (χ2v) is 5.45. The van der Waals surface area contributed by atoms with E-state index in [2.05, 4.69) is 15.5 Å². The summed E-state index contributed by atoms with van der Waals surface area (Å²) in [4.78, 5) is 3.97. The molecule has 108 valence electrons. The molecule has 1 N–H and O–H groups in total. The van der Waals surface area contributed by atoms with E-state index < -0.39 is 11.6 Å². The molecule has 2 rings (SSSR count). The molecule has 7 heteroatoms. The Bertz CT molecular complexity index is 422. The molecule has 1 unspecified atom stereocenters. The smallest absolute Gasteiger partial charge is 0.338 e.